The first-order chi connectivity index (χ1) is 23.8. The number of amides is 1. The van der Waals surface area contributed by atoms with Gasteiger partial charge in [0.25, 0.3) is 0 Å². The van der Waals surface area contributed by atoms with E-state index in [9.17, 15) is 30.3 Å². The first-order valence-electron chi connectivity index (χ1n) is 19.7. The van der Waals surface area contributed by atoms with E-state index in [0.29, 0.717) is 6.42 Å². The summed E-state index contributed by atoms with van der Waals surface area (Å²) in [4.78, 5) is 12.9. The van der Waals surface area contributed by atoms with Crippen molar-refractivity contribution in [2.45, 2.75) is 198 Å². The molecule has 9 heteroatoms. The van der Waals surface area contributed by atoms with E-state index in [0.717, 1.165) is 57.8 Å². The topological polar surface area (TPSA) is 149 Å². The molecular weight excluding hydrogens is 622 g/mol. The minimum absolute atomic E-state index is 0.190. The summed E-state index contributed by atoms with van der Waals surface area (Å²) in [5, 5.41) is 53.8. The molecule has 7 atom stereocenters. The highest BCUT2D eigenvalue weighted by Gasteiger charge is 2.44. The number of aliphatic hydroxyl groups excluding tert-OH is 5. The number of aliphatic hydroxyl groups is 5. The van der Waals surface area contributed by atoms with Crippen LogP contribution in [0.2, 0.25) is 0 Å². The molecule has 0 aromatic heterocycles. The van der Waals surface area contributed by atoms with Gasteiger partial charge in [-0.05, 0) is 51.4 Å². The molecule has 0 aliphatic carbocycles. The summed E-state index contributed by atoms with van der Waals surface area (Å²) in [6.45, 7) is 3.68. The van der Waals surface area contributed by atoms with Gasteiger partial charge in [-0.2, -0.15) is 0 Å². The molecule has 1 amide bonds. The zero-order chi connectivity index (χ0) is 36.0. The lowest BCUT2D eigenvalue weighted by atomic mass is 9.99. The molecule has 1 rings (SSSR count). The van der Waals surface area contributed by atoms with Gasteiger partial charge in [-0.3, -0.25) is 4.79 Å². The number of allylic oxidation sites excluding steroid dienone is 5. The fourth-order valence-electron chi connectivity index (χ4n) is 5.95. The zero-order valence-electron chi connectivity index (χ0n) is 30.9. The van der Waals surface area contributed by atoms with Crippen molar-refractivity contribution in [3.8, 4) is 0 Å². The Kier molecular flexibility index (Phi) is 28.9. The Morgan fingerprint density at radius 3 is 1.80 bits per heavy atom. The van der Waals surface area contributed by atoms with Gasteiger partial charge in [0.15, 0.2) is 6.29 Å². The van der Waals surface area contributed by atoms with Crippen LogP contribution in [0.5, 0.6) is 0 Å². The lowest BCUT2D eigenvalue weighted by molar-refractivity contribution is -0.302. The van der Waals surface area contributed by atoms with Crippen LogP contribution in [0.1, 0.15) is 155 Å². The lowest BCUT2D eigenvalue weighted by Gasteiger charge is -2.40. The van der Waals surface area contributed by atoms with E-state index in [-0.39, 0.29) is 12.5 Å². The van der Waals surface area contributed by atoms with Crippen molar-refractivity contribution in [2.75, 3.05) is 13.2 Å². The third-order valence-corrected chi connectivity index (χ3v) is 9.21. The zero-order valence-corrected chi connectivity index (χ0v) is 30.9. The van der Waals surface area contributed by atoms with Crippen LogP contribution in [0, 0.1) is 0 Å². The molecule has 0 radical (unpaired) electrons. The molecule has 1 aliphatic rings. The van der Waals surface area contributed by atoms with Crippen molar-refractivity contribution >= 4 is 5.91 Å². The van der Waals surface area contributed by atoms with Crippen molar-refractivity contribution in [3.05, 3.63) is 36.5 Å². The summed E-state index contributed by atoms with van der Waals surface area (Å²) in [5.41, 5.74) is 0. The first kappa shape index (κ1) is 45.4. The summed E-state index contributed by atoms with van der Waals surface area (Å²) in [7, 11) is 0. The second kappa shape index (κ2) is 31.2. The lowest BCUT2D eigenvalue weighted by Crippen LogP contribution is -2.60. The van der Waals surface area contributed by atoms with E-state index in [1.165, 1.54) is 77.0 Å². The average molecular weight is 696 g/mol. The molecule has 0 aromatic rings. The van der Waals surface area contributed by atoms with Crippen molar-refractivity contribution in [3.63, 3.8) is 0 Å². The Labute approximate surface area is 298 Å². The summed E-state index contributed by atoms with van der Waals surface area (Å²) < 4.78 is 11.1. The molecule has 1 fully saturated rings. The van der Waals surface area contributed by atoms with Crippen LogP contribution in [0.4, 0.5) is 0 Å². The Morgan fingerprint density at radius 1 is 0.694 bits per heavy atom. The van der Waals surface area contributed by atoms with Crippen molar-refractivity contribution in [1.29, 1.82) is 0 Å². The SMILES string of the molecule is CCCCC/C=C\C/C=C\CCCCCCCCCC(=O)NC(COC1OC(CO)C(O)C(O)C1O)C(O)/C=C/CCCCCCCCC. The van der Waals surface area contributed by atoms with Crippen LogP contribution in [0.3, 0.4) is 0 Å². The van der Waals surface area contributed by atoms with Gasteiger partial charge < -0.3 is 40.3 Å². The Balaban J connectivity index is 2.40. The third kappa shape index (κ3) is 22.8. The monoisotopic (exact) mass is 696 g/mol. The largest absolute Gasteiger partial charge is 0.394 e. The van der Waals surface area contributed by atoms with Crippen molar-refractivity contribution in [2.24, 2.45) is 0 Å². The van der Waals surface area contributed by atoms with Crippen LogP contribution in [-0.2, 0) is 14.3 Å². The Bertz CT molecular complexity index is 863. The maximum Gasteiger partial charge on any atom is 0.220 e. The fourth-order valence-corrected chi connectivity index (χ4v) is 5.95. The summed E-state index contributed by atoms with van der Waals surface area (Å²) in [5.74, 6) is -0.190. The summed E-state index contributed by atoms with van der Waals surface area (Å²) in [6.07, 6.45) is 29.0. The summed E-state index contributed by atoms with van der Waals surface area (Å²) in [6, 6.07) is -0.805. The molecule has 0 bridgehead atoms. The van der Waals surface area contributed by atoms with Crippen LogP contribution in [0.15, 0.2) is 36.5 Å². The maximum absolute atomic E-state index is 12.9. The normalized spacial score (nSPS) is 22.8. The molecule has 6 N–H and O–H groups in total. The van der Waals surface area contributed by atoms with Gasteiger partial charge in [-0.1, -0.05) is 134 Å². The standard InChI is InChI=1S/C40H73NO8/c1-3-5-7-9-11-13-14-15-16-17-18-19-20-22-24-26-28-30-36(44)41-33(34(43)29-27-25-23-21-12-10-8-6-4-2)32-48-40-39(47)38(46)37(45)35(31-42)49-40/h11,13,15-16,27,29,33-35,37-40,42-43,45-47H,3-10,12,14,17-26,28,30-32H2,1-2H3,(H,41,44)/b13-11-,16-15-,29-27+. The molecular formula is C40H73NO8. The van der Waals surface area contributed by atoms with E-state index in [1.807, 2.05) is 6.08 Å². The molecule has 49 heavy (non-hydrogen) atoms. The van der Waals surface area contributed by atoms with Gasteiger partial charge in [0.1, 0.15) is 24.4 Å². The van der Waals surface area contributed by atoms with Gasteiger partial charge in [-0.15, -0.1) is 0 Å². The van der Waals surface area contributed by atoms with Crippen LogP contribution >= 0.6 is 0 Å². The number of rotatable bonds is 31. The molecule has 1 aliphatic heterocycles. The van der Waals surface area contributed by atoms with Crippen molar-refractivity contribution in [1.82, 2.24) is 5.32 Å². The first-order valence-corrected chi connectivity index (χ1v) is 19.7. The summed E-state index contributed by atoms with van der Waals surface area (Å²) >= 11 is 0. The maximum atomic E-state index is 12.9. The highest BCUT2D eigenvalue weighted by Crippen LogP contribution is 2.22. The van der Waals surface area contributed by atoms with Gasteiger partial charge in [0, 0.05) is 6.42 Å². The number of unbranched alkanes of at least 4 members (excludes halogenated alkanes) is 17. The molecule has 0 saturated carbocycles. The van der Waals surface area contributed by atoms with Gasteiger partial charge >= 0.3 is 0 Å². The van der Waals surface area contributed by atoms with E-state index < -0.39 is 49.5 Å². The second-order valence-corrected chi connectivity index (χ2v) is 13.7. The van der Waals surface area contributed by atoms with Gasteiger partial charge in [0.2, 0.25) is 5.91 Å². The highest BCUT2D eigenvalue weighted by molar-refractivity contribution is 5.76. The number of hydrogen-bond donors (Lipinski definition) is 6. The van der Waals surface area contributed by atoms with E-state index in [4.69, 9.17) is 9.47 Å². The molecule has 0 aromatic carbocycles. The number of hydrogen-bond acceptors (Lipinski definition) is 8. The van der Waals surface area contributed by atoms with E-state index in [2.05, 4.69) is 43.5 Å². The van der Waals surface area contributed by atoms with Gasteiger partial charge in [0.05, 0.1) is 25.4 Å². The van der Waals surface area contributed by atoms with Crippen LogP contribution in [0.25, 0.3) is 0 Å². The third-order valence-electron chi connectivity index (χ3n) is 9.21. The predicted molar refractivity (Wildman–Crippen MR) is 198 cm³/mol. The molecule has 0 spiro atoms. The minimum Gasteiger partial charge on any atom is -0.394 e. The molecule has 1 heterocycles. The Morgan fingerprint density at radius 2 is 1.20 bits per heavy atom. The Hall–Kier alpha value is -1.59. The number of carbonyl (C=O) groups is 1. The van der Waals surface area contributed by atoms with Crippen LogP contribution < -0.4 is 5.32 Å². The van der Waals surface area contributed by atoms with Crippen LogP contribution in [-0.4, -0.2) is 87.5 Å². The number of ether oxygens (including phenoxy) is 2. The average Bonchev–Trinajstić information content (AvgIpc) is 3.10. The second-order valence-electron chi connectivity index (χ2n) is 13.7. The number of carbonyl (C=O) groups excluding carboxylic acids is 1. The predicted octanol–water partition coefficient (Wildman–Crippen LogP) is 6.94. The molecule has 9 nitrogen and oxygen atoms in total. The molecule has 286 valence electrons. The van der Waals surface area contributed by atoms with E-state index in [1.54, 1.807) is 6.08 Å². The quantitative estimate of drug-likeness (QED) is 0.0338. The number of nitrogens with one attached hydrogen (secondary N) is 1. The van der Waals surface area contributed by atoms with Crippen molar-refractivity contribution < 1.29 is 39.8 Å². The molecule has 1 saturated heterocycles. The van der Waals surface area contributed by atoms with Gasteiger partial charge in [-0.25, -0.2) is 0 Å². The molecule has 7 unspecified atom stereocenters. The van der Waals surface area contributed by atoms with E-state index >= 15 is 0 Å². The fraction of sp³-hybridized carbons (Fsp3) is 0.825. The minimum atomic E-state index is -1.56. The highest BCUT2D eigenvalue weighted by atomic mass is 16.7. The smallest absolute Gasteiger partial charge is 0.220 e.